The van der Waals surface area contributed by atoms with Crippen molar-refractivity contribution in [1.82, 2.24) is 9.88 Å². The Bertz CT molecular complexity index is 410. The first-order chi connectivity index (χ1) is 9.80. The predicted octanol–water partition coefficient (Wildman–Crippen LogP) is 3.09. The number of piperidine rings is 1. The van der Waals surface area contributed by atoms with Gasteiger partial charge in [0.1, 0.15) is 0 Å². The van der Waals surface area contributed by atoms with Crippen molar-refractivity contribution in [2.45, 2.75) is 58.0 Å². The Hall–Kier alpha value is -0.930. The summed E-state index contributed by atoms with van der Waals surface area (Å²) in [7, 11) is 0. The summed E-state index contributed by atoms with van der Waals surface area (Å²) in [6.45, 7) is 4.08. The van der Waals surface area contributed by atoms with E-state index in [1.807, 2.05) is 6.20 Å². The summed E-state index contributed by atoms with van der Waals surface area (Å²) in [4.78, 5) is 7.10. The Kier molecular flexibility index (Phi) is 4.37. The molecule has 3 rings (SSSR count). The fourth-order valence-electron chi connectivity index (χ4n) is 3.89. The van der Waals surface area contributed by atoms with Gasteiger partial charge in [0.15, 0.2) is 0 Å². The SMILES string of the molecule is NCc1ccc(CN2CCC3(CCCCC3)CC2)nc1. The highest BCUT2D eigenvalue weighted by atomic mass is 15.1. The molecule has 1 aliphatic heterocycles. The predicted molar refractivity (Wildman–Crippen MR) is 82.2 cm³/mol. The second kappa shape index (κ2) is 6.23. The van der Waals surface area contributed by atoms with Crippen LogP contribution in [0.3, 0.4) is 0 Å². The summed E-state index contributed by atoms with van der Waals surface area (Å²) < 4.78 is 0. The molecule has 2 fully saturated rings. The lowest BCUT2D eigenvalue weighted by molar-refractivity contribution is 0.0635. The van der Waals surface area contributed by atoms with Crippen molar-refractivity contribution < 1.29 is 0 Å². The molecule has 110 valence electrons. The van der Waals surface area contributed by atoms with Crippen molar-refractivity contribution in [3.05, 3.63) is 29.6 Å². The van der Waals surface area contributed by atoms with Crippen LogP contribution < -0.4 is 5.73 Å². The Morgan fingerprint density at radius 1 is 1.05 bits per heavy atom. The lowest BCUT2D eigenvalue weighted by Crippen LogP contribution is -2.40. The van der Waals surface area contributed by atoms with Crippen LogP contribution >= 0.6 is 0 Å². The molecule has 0 unspecified atom stereocenters. The fourth-order valence-corrected chi connectivity index (χ4v) is 3.89. The van der Waals surface area contributed by atoms with E-state index in [0.717, 1.165) is 12.1 Å². The summed E-state index contributed by atoms with van der Waals surface area (Å²) >= 11 is 0. The highest BCUT2D eigenvalue weighted by Crippen LogP contribution is 2.44. The largest absolute Gasteiger partial charge is 0.326 e. The third-order valence-electron chi connectivity index (χ3n) is 5.34. The van der Waals surface area contributed by atoms with Crippen LogP contribution in [0.5, 0.6) is 0 Å². The number of hydrogen-bond donors (Lipinski definition) is 1. The molecule has 3 nitrogen and oxygen atoms in total. The molecule has 1 aromatic heterocycles. The van der Waals surface area contributed by atoms with E-state index in [1.54, 1.807) is 0 Å². The summed E-state index contributed by atoms with van der Waals surface area (Å²) in [5, 5.41) is 0. The maximum atomic E-state index is 5.61. The molecule has 1 saturated heterocycles. The molecule has 1 aliphatic carbocycles. The highest BCUT2D eigenvalue weighted by molar-refractivity contribution is 5.13. The van der Waals surface area contributed by atoms with E-state index in [9.17, 15) is 0 Å². The van der Waals surface area contributed by atoms with Crippen molar-refractivity contribution in [3.63, 3.8) is 0 Å². The monoisotopic (exact) mass is 273 g/mol. The van der Waals surface area contributed by atoms with Crippen molar-refractivity contribution in [2.75, 3.05) is 13.1 Å². The minimum absolute atomic E-state index is 0.583. The van der Waals surface area contributed by atoms with E-state index in [2.05, 4.69) is 22.0 Å². The Morgan fingerprint density at radius 3 is 2.40 bits per heavy atom. The van der Waals surface area contributed by atoms with Gasteiger partial charge in [0.2, 0.25) is 0 Å². The molecule has 2 N–H and O–H groups in total. The van der Waals surface area contributed by atoms with Gasteiger partial charge in [-0.3, -0.25) is 9.88 Å². The van der Waals surface area contributed by atoms with E-state index in [0.29, 0.717) is 12.0 Å². The zero-order valence-corrected chi connectivity index (χ0v) is 12.5. The van der Waals surface area contributed by atoms with Crippen LogP contribution in [0, 0.1) is 5.41 Å². The molecule has 0 amide bonds. The van der Waals surface area contributed by atoms with Gasteiger partial charge in [0.05, 0.1) is 5.69 Å². The van der Waals surface area contributed by atoms with Crippen LogP contribution in [0.1, 0.15) is 56.2 Å². The van der Waals surface area contributed by atoms with Gasteiger partial charge in [-0.15, -0.1) is 0 Å². The molecule has 1 aromatic rings. The lowest BCUT2D eigenvalue weighted by atomic mass is 9.68. The molecule has 1 saturated carbocycles. The average molecular weight is 273 g/mol. The number of nitrogens with two attached hydrogens (primary N) is 1. The maximum Gasteiger partial charge on any atom is 0.0544 e. The molecule has 20 heavy (non-hydrogen) atoms. The van der Waals surface area contributed by atoms with Crippen LogP contribution in [0.15, 0.2) is 18.3 Å². The first-order valence-electron chi connectivity index (χ1n) is 8.16. The van der Waals surface area contributed by atoms with E-state index >= 15 is 0 Å². The minimum Gasteiger partial charge on any atom is -0.326 e. The minimum atomic E-state index is 0.583. The van der Waals surface area contributed by atoms with Crippen molar-refractivity contribution >= 4 is 0 Å². The molecule has 2 aliphatic rings. The molecule has 0 bridgehead atoms. The summed E-state index contributed by atoms with van der Waals surface area (Å²) in [6, 6.07) is 4.24. The number of pyridine rings is 1. The fraction of sp³-hybridized carbons (Fsp3) is 0.706. The summed E-state index contributed by atoms with van der Waals surface area (Å²) in [6.07, 6.45) is 12.0. The number of rotatable bonds is 3. The maximum absolute atomic E-state index is 5.61. The van der Waals surface area contributed by atoms with Crippen LogP contribution in [0.25, 0.3) is 0 Å². The van der Waals surface area contributed by atoms with E-state index in [1.165, 1.54) is 63.7 Å². The Morgan fingerprint density at radius 2 is 1.80 bits per heavy atom. The van der Waals surface area contributed by atoms with Crippen molar-refractivity contribution in [3.8, 4) is 0 Å². The van der Waals surface area contributed by atoms with Crippen LogP contribution in [0.4, 0.5) is 0 Å². The Labute approximate surface area is 122 Å². The molecule has 2 heterocycles. The normalized spacial score (nSPS) is 23.1. The first-order valence-corrected chi connectivity index (χ1v) is 8.16. The van der Waals surface area contributed by atoms with Crippen LogP contribution in [-0.4, -0.2) is 23.0 Å². The molecule has 0 aromatic carbocycles. The van der Waals surface area contributed by atoms with E-state index in [4.69, 9.17) is 5.73 Å². The second-order valence-electron chi connectivity index (χ2n) is 6.70. The number of likely N-dealkylation sites (tertiary alicyclic amines) is 1. The number of aromatic nitrogens is 1. The van der Waals surface area contributed by atoms with Crippen molar-refractivity contribution in [1.29, 1.82) is 0 Å². The quantitative estimate of drug-likeness (QED) is 0.920. The molecule has 3 heteroatoms. The molecule has 1 spiro atoms. The lowest BCUT2D eigenvalue weighted by Gasteiger charge is -2.44. The van der Waals surface area contributed by atoms with Crippen LogP contribution in [-0.2, 0) is 13.1 Å². The number of nitrogens with zero attached hydrogens (tertiary/aromatic N) is 2. The zero-order chi connectivity index (χ0) is 13.8. The van der Waals surface area contributed by atoms with Gasteiger partial charge < -0.3 is 5.73 Å². The van der Waals surface area contributed by atoms with Gasteiger partial charge in [0, 0.05) is 19.3 Å². The highest BCUT2D eigenvalue weighted by Gasteiger charge is 2.35. The molecular formula is C17H27N3. The number of hydrogen-bond acceptors (Lipinski definition) is 3. The van der Waals surface area contributed by atoms with E-state index in [-0.39, 0.29) is 0 Å². The molecule has 0 radical (unpaired) electrons. The smallest absolute Gasteiger partial charge is 0.0544 e. The third-order valence-corrected chi connectivity index (χ3v) is 5.34. The molecule has 0 atom stereocenters. The molecular weight excluding hydrogens is 246 g/mol. The topological polar surface area (TPSA) is 42.1 Å². The van der Waals surface area contributed by atoms with Gasteiger partial charge in [-0.2, -0.15) is 0 Å². The average Bonchev–Trinajstić information content (AvgIpc) is 2.52. The third kappa shape index (κ3) is 3.21. The van der Waals surface area contributed by atoms with Gasteiger partial charge in [-0.1, -0.05) is 25.3 Å². The summed E-state index contributed by atoms with van der Waals surface area (Å²) in [5.41, 5.74) is 8.61. The zero-order valence-electron chi connectivity index (χ0n) is 12.5. The van der Waals surface area contributed by atoms with Gasteiger partial charge in [-0.25, -0.2) is 0 Å². The van der Waals surface area contributed by atoms with Crippen LogP contribution in [0.2, 0.25) is 0 Å². The summed E-state index contributed by atoms with van der Waals surface area (Å²) in [5.74, 6) is 0. The van der Waals surface area contributed by atoms with Gasteiger partial charge in [-0.05, 0) is 55.8 Å². The standard InChI is InChI=1S/C17H27N3/c18-12-15-4-5-16(19-13-15)14-20-10-8-17(9-11-20)6-2-1-3-7-17/h4-5,13H,1-3,6-12,14,18H2. The van der Waals surface area contributed by atoms with Gasteiger partial charge >= 0.3 is 0 Å². The van der Waals surface area contributed by atoms with E-state index < -0.39 is 0 Å². The van der Waals surface area contributed by atoms with Gasteiger partial charge in [0.25, 0.3) is 0 Å². The first kappa shape index (κ1) is 14.0. The Balaban J connectivity index is 1.52. The van der Waals surface area contributed by atoms with Crippen molar-refractivity contribution in [2.24, 2.45) is 11.1 Å². The second-order valence-corrected chi connectivity index (χ2v) is 6.70.